The van der Waals surface area contributed by atoms with Gasteiger partial charge in [0.05, 0.1) is 6.04 Å². The van der Waals surface area contributed by atoms with Crippen LogP contribution in [0.5, 0.6) is 0 Å². The predicted octanol–water partition coefficient (Wildman–Crippen LogP) is 3.83. The van der Waals surface area contributed by atoms with Crippen molar-refractivity contribution in [1.29, 1.82) is 0 Å². The van der Waals surface area contributed by atoms with Crippen molar-refractivity contribution in [3.63, 3.8) is 0 Å². The van der Waals surface area contributed by atoms with Gasteiger partial charge in [0.1, 0.15) is 0 Å². The summed E-state index contributed by atoms with van der Waals surface area (Å²) in [5.41, 5.74) is 8.72. The molecule has 0 aliphatic carbocycles. The fourth-order valence-electron chi connectivity index (χ4n) is 1.67. The second kappa shape index (κ2) is 5.04. The second-order valence-corrected chi connectivity index (χ2v) is 5.55. The number of aryl methyl sites for hydroxylation is 1. The zero-order valence-corrected chi connectivity index (χ0v) is 11.1. The average Bonchev–Trinajstić information content (AvgIpc) is 2.75. The Hall–Kier alpha value is -0.770. The Bertz CT molecular complexity index is 459. The third kappa shape index (κ3) is 2.32. The van der Waals surface area contributed by atoms with Crippen molar-refractivity contribution >= 4 is 23.1 Å². The minimum Gasteiger partial charge on any atom is -0.320 e. The normalized spacial score (nSPS) is 12.7. The molecule has 1 atom stereocenters. The Morgan fingerprint density at radius 1 is 1.19 bits per heavy atom. The highest BCUT2D eigenvalue weighted by atomic mass is 32.2. The molecule has 0 aliphatic rings. The Morgan fingerprint density at radius 3 is 2.38 bits per heavy atom. The summed E-state index contributed by atoms with van der Waals surface area (Å²) in [4.78, 5) is 2.54. The van der Waals surface area contributed by atoms with Gasteiger partial charge in [0, 0.05) is 9.77 Å². The van der Waals surface area contributed by atoms with E-state index in [0.29, 0.717) is 0 Å². The van der Waals surface area contributed by atoms with Crippen LogP contribution in [0.4, 0.5) is 0 Å². The topological polar surface area (TPSA) is 26.0 Å². The van der Waals surface area contributed by atoms with E-state index >= 15 is 0 Å². The number of thioether (sulfide) groups is 1. The maximum atomic E-state index is 6.26. The molecule has 0 bridgehead atoms. The molecular weight excluding hydrogens is 234 g/mol. The summed E-state index contributed by atoms with van der Waals surface area (Å²) < 4.78 is 0. The quantitative estimate of drug-likeness (QED) is 0.837. The maximum absolute atomic E-state index is 6.26. The van der Waals surface area contributed by atoms with Crippen LogP contribution in [-0.4, -0.2) is 6.26 Å². The molecule has 0 radical (unpaired) electrons. The average molecular weight is 249 g/mol. The zero-order chi connectivity index (χ0) is 11.5. The highest BCUT2D eigenvalue weighted by Crippen LogP contribution is 2.28. The van der Waals surface area contributed by atoms with Crippen molar-refractivity contribution in [2.45, 2.75) is 17.9 Å². The highest BCUT2D eigenvalue weighted by molar-refractivity contribution is 7.98. The predicted molar refractivity (Wildman–Crippen MR) is 73.3 cm³/mol. The molecule has 0 fully saturated rings. The third-order valence-electron chi connectivity index (χ3n) is 2.66. The Kier molecular flexibility index (Phi) is 3.69. The van der Waals surface area contributed by atoms with Crippen LogP contribution >= 0.6 is 23.1 Å². The first-order chi connectivity index (χ1) is 7.72. The van der Waals surface area contributed by atoms with E-state index < -0.39 is 0 Å². The molecule has 2 rings (SSSR count). The number of hydrogen-bond donors (Lipinski definition) is 1. The monoisotopic (exact) mass is 249 g/mol. The van der Waals surface area contributed by atoms with Gasteiger partial charge in [-0.3, -0.25) is 0 Å². The standard InChI is InChI=1S/C13H15NS2/c1-9-7-8-16-13(9)12(14)10-3-5-11(15-2)6-4-10/h3-8,12H,14H2,1-2H3. The number of nitrogens with two attached hydrogens (primary N) is 1. The molecule has 0 saturated carbocycles. The largest absolute Gasteiger partial charge is 0.320 e. The molecular formula is C13H15NS2. The summed E-state index contributed by atoms with van der Waals surface area (Å²) in [5, 5.41) is 2.10. The first-order valence-corrected chi connectivity index (χ1v) is 7.26. The van der Waals surface area contributed by atoms with Crippen LogP contribution in [0.15, 0.2) is 40.6 Å². The lowest BCUT2D eigenvalue weighted by Crippen LogP contribution is -2.11. The van der Waals surface area contributed by atoms with Gasteiger partial charge < -0.3 is 5.73 Å². The molecule has 2 N–H and O–H groups in total. The van der Waals surface area contributed by atoms with E-state index in [4.69, 9.17) is 5.73 Å². The maximum Gasteiger partial charge on any atom is 0.0648 e. The molecule has 1 nitrogen and oxygen atoms in total. The van der Waals surface area contributed by atoms with E-state index in [9.17, 15) is 0 Å². The van der Waals surface area contributed by atoms with Gasteiger partial charge in [-0.15, -0.1) is 23.1 Å². The van der Waals surface area contributed by atoms with Crippen LogP contribution in [0.3, 0.4) is 0 Å². The summed E-state index contributed by atoms with van der Waals surface area (Å²) in [5.74, 6) is 0. The lowest BCUT2D eigenvalue weighted by atomic mass is 10.0. The van der Waals surface area contributed by atoms with Crippen LogP contribution in [0, 0.1) is 6.92 Å². The van der Waals surface area contributed by atoms with E-state index in [2.05, 4.69) is 48.9 Å². The Labute approximate surface area is 105 Å². The SMILES string of the molecule is CSc1ccc(C(N)c2sccc2C)cc1. The second-order valence-electron chi connectivity index (χ2n) is 3.72. The first kappa shape index (κ1) is 11.7. The van der Waals surface area contributed by atoms with E-state index in [0.717, 1.165) is 0 Å². The van der Waals surface area contributed by atoms with E-state index in [1.807, 2.05) is 0 Å². The van der Waals surface area contributed by atoms with Crippen molar-refractivity contribution in [1.82, 2.24) is 0 Å². The van der Waals surface area contributed by atoms with Gasteiger partial charge in [0.2, 0.25) is 0 Å². The summed E-state index contributed by atoms with van der Waals surface area (Å²) in [6.45, 7) is 2.11. The molecule has 0 aliphatic heterocycles. The van der Waals surface area contributed by atoms with E-state index in [-0.39, 0.29) is 6.04 Å². The van der Waals surface area contributed by atoms with Gasteiger partial charge in [-0.05, 0) is 47.9 Å². The fraction of sp³-hybridized carbons (Fsp3) is 0.231. The minimum atomic E-state index is 0.0101. The summed E-state index contributed by atoms with van der Waals surface area (Å²) in [6, 6.07) is 10.6. The van der Waals surface area contributed by atoms with Crippen molar-refractivity contribution in [3.05, 3.63) is 51.7 Å². The van der Waals surface area contributed by atoms with Gasteiger partial charge in [-0.2, -0.15) is 0 Å². The van der Waals surface area contributed by atoms with Crippen molar-refractivity contribution in [3.8, 4) is 0 Å². The lowest BCUT2D eigenvalue weighted by molar-refractivity contribution is 0.883. The molecule has 1 heterocycles. The van der Waals surface area contributed by atoms with Crippen molar-refractivity contribution < 1.29 is 0 Å². The molecule has 0 saturated heterocycles. The zero-order valence-electron chi connectivity index (χ0n) is 9.44. The van der Waals surface area contributed by atoms with Crippen LogP contribution in [-0.2, 0) is 0 Å². The molecule has 84 valence electrons. The van der Waals surface area contributed by atoms with Gasteiger partial charge >= 0.3 is 0 Å². The fourth-order valence-corrected chi connectivity index (χ4v) is 3.03. The first-order valence-electron chi connectivity index (χ1n) is 5.16. The number of rotatable bonds is 3. The number of benzene rings is 1. The van der Waals surface area contributed by atoms with Crippen LogP contribution in [0.25, 0.3) is 0 Å². The summed E-state index contributed by atoms with van der Waals surface area (Å²) in [6.07, 6.45) is 2.08. The number of hydrogen-bond acceptors (Lipinski definition) is 3. The van der Waals surface area contributed by atoms with Crippen LogP contribution in [0.2, 0.25) is 0 Å². The lowest BCUT2D eigenvalue weighted by Gasteiger charge is -2.12. The van der Waals surface area contributed by atoms with Crippen molar-refractivity contribution in [2.24, 2.45) is 5.73 Å². The Balaban J connectivity index is 2.27. The molecule has 1 unspecified atom stereocenters. The highest BCUT2D eigenvalue weighted by Gasteiger charge is 2.12. The molecule has 2 aromatic rings. The third-order valence-corrected chi connectivity index (χ3v) is 4.50. The Morgan fingerprint density at radius 2 is 1.88 bits per heavy atom. The number of thiophene rings is 1. The van der Waals surface area contributed by atoms with Gasteiger partial charge in [0.15, 0.2) is 0 Å². The summed E-state index contributed by atoms with van der Waals surface area (Å²) >= 11 is 3.48. The van der Waals surface area contributed by atoms with Gasteiger partial charge in [-0.25, -0.2) is 0 Å². The summed E-state index contributed by atoms with van der Waals surface area (Å²) in [7, 11) is 0. The van der Waals surface area contributed by atoms with Gasteiger partial charge in [-0.1, -0.05) is 12.1 Å². The molecule has 3 heteroatoms. The van der Waals surface area contributed by atoms with E-state index in [1.165, 1.54) is 20.9 Å². The minimum absolute atomic E-state index is 0.0101. The van der Waals surface area contributed by atoms with E-state index in [1.54, 1.807) is 23.1 Å². The molecule has 16 heavy (non-hydrogen) atoms. The van der Waals surface area contributed by atoms with Crippen molar-refractivity contribution in [2.75, 3.05) is 6.26 Å². The molecule has 0 spiro atoms. The molecule has 0 amide bonds. The van der Waals surface area contributed by atoms with Gasteiger partial charge in [0.25, 0.3) is 0 Å². The van der Waals surface area contributed by atoms with Crippen LogP contribution in [0.1, 0.15) is 22.0 Å². The van der Waals surface area contributed by atoms with Crippen LogP contribution < -0.4 is 5.73 Å². The molecule has 1 aromatic heterocycles. The smallest absolute Gasteiger partial charge is 0.0648 e. The molecule has 1 aromatic carbocycles.